The Kier molecular flexibility index (Phi) is 3.77. The van der Waals surface area contributed by atoms with Crippen LogP contribution < -0.4 is 10.5 Å². The predicted molar refractivity (Wildman–Crippen MR) is 80.9 cm³/mol. The van der Waals surface area contributed by atoms with E-state index in [4.69, 9.17) is 10.5 Å². The van der Waals surface area contributed by atoms with Crippen LogP contribution in [0.4, 0.5) is 5.69 Å². The molecule has 1 heterocycles. The highest BCUT2D eigenvalue weighted by molar-refractivity contribution is 5.73. The van der Waals surface area contributed by atoms with Gasteiger partial charge in [-0.15, -0.1) is 5.10 Å². The molecule has 6 nitrogen and oxygen atoms in total. The molecule has 21 heavy (non-hydrogen) atoms. The van der Waals surface area contributed by atoms with E-state index in [9.17, 15) is 0 Å². The Balaban J connectivity index is 2.05. The Labute approximate surface area is 124 Å². The molecule has 6 heteroatoms. The van der Waals surface area contributed by atoms with Crippen LogP contribution in [-0.4, -0.2) is 27.3 Å². The molecule has 1 aromatic carbocycles. The number of hydrogen-bond acceptors (Lipinski definition) is 5. The summed E-state index contributed by atoms with van der Waals surface area (Å²) >= 11 is 0. The maximum atomic E-state index is 5.99. The summed E-state index contributed by atoms with van der Waals surface area (Å²) in [5.74, 6) is 1.95. The summed E-state index contributed by atoms with van der Waals surface area (Å²) in [5.41, 5.74) is 7.44. The molecule has 0 aliphatic heterocycles. The molecule has 2 N–H and O–H groups in total. The summed E-state index contributed by atoms with van der Waals surface area (Å²) in [6, 6.07) is 6.01. The first-order valence-electron chi connectivity index (χ1n) is 7.43. The lowest BCUT2D eigenvalue weighted by Crippen LogP contribution is -2.23. The molecule has 0 spiro atoms. The normalized spacial score (nSPS) is 22.2. The molecule has 1 aliphatic rings. The van der Waals surface area contributed by atoms with Gasteiger partial charge < -0.3 is 10.5 Å². The molecule has 2 unspecified atom stereocenters. The molecule has 1 aliphatic carbocycles. The first kappa shape index (κ1) is 13.9. The van der Waals surface area contributed by atoms with Gasteiger partial charge in [0.25, 0.3) is 0 Å². The van der Waals surface area contributed by atoms with E-state index in [1.165, 1.54) is 19.3 Å². The van der Waals surface area contributed by atoms with Crippen LogP contribution in [0, 0.1) is 5.92 Å². The van der Waals surface area contributed by atoms with Crippen molar-refractivity contribution in [2.45, 2.75) is 38.6 Å². The summed E-state index contributed by atoms with van der Waals surface area (Å²) in [6.07, 6.45) is 4.85. The average Bonchev–Trinajstić information content (AvgIpc) is 2.96. The minimum absolute atomic E-state index is 0.342. The zero-order valence-corrected chi connectivity index (χ0v) is 12.5. The minimum atomic E-state index is 0.342. The quantitative estimate of drug-likeness (QED) is 0.878. The molecule has 0 bridgehead atoms. The Hall–Kier alpha value is -2.11. The van der Waals surface area contributed by atoms with Gasteiger partial charge in [0.15, 0.2) is 11.6 Å². The van der Waals surface area contributed by atoms with Crippen molar-refractivity contribution < 1.29 is 4.74 Å². The van der Waals surface area contributed by atoms with Gasteiger partial charge >= 0.3 is 0 Å². The summed E-state index contributed by atoms with van der Waals surface area (Å²) in [7, 11) is 1.62. The maximum Gasteiger partial charge on any atom is 0.186 e. The fraction of sp³-hybridized carbons (Fsp3) is 0.533. The Morgan fingerprint density at radius 1 is 1.29 bits per heavy atom. The van der Waals surface area contributed by atoms with Crippen molar-refractivity contribution >= 4 is 5.69 Å². The highest BCUT2D eigenvalue weighted by Gasteiger charge is 2.27. The molecule has 0 radical (unpaired) electrons. The molecular formula is C15H21N5O. The number of hydrogen-bond donors (Lipinski definition) is 1. The van der Waals surface area contributed by atoms with Crippen LogP contribution >= 0.6 is 0 Å². The molecule has 2 atom stereocenters. The molecule has 112 valence electrons. The van der Waals surface area contributed by atoms with E-state index in [1.807, 2.05) is 22.9 Å². The predicted octanol–water partition coefficient (Wildman–Crippen LogP) is 2.68. The zero-order valence-electron chi connectivity index (χ0n) is 12.5. The molecule has 2 aromatic rings. The van der Waals surface area contributed by atoms with Crippen molar-refractivity contribution in [1.29, 1.82) is 0 Å². The van der Waals surface area contributed by atoms with Crippen molar-refractivity contribution in [3.63, 3.8) is 0 Å². The van der Waals surface area contributed by atoms with Crippen LogP contribution in [0.15, 0.2) is 18.2 Å². The summed E-state index contributed by atoms with van der Waals surface area (Å²) in [4.78, 5) is 0. The van der Waals surface area contributed by atoms with Crippen LogP contribution in [-0.2, 0) is 0 Å². The van der Waals surface area contributed by atoms with E-state index in [1.54, 1.807) is 7.11 Å². The maximum absolute atomic E-state index is 5.99. The number of methoxy groups -OCH3 is 1. The van der Waals surface area contributed by atoms with E-state index < -0.39 is 0 Å². The Bertz CT molecular complexity index is 624. The summed E-state index contributed by atoms with van der Waals surface area (Å²) in [5, 5.41) is 12.3. The third-order valence-corrected chi connectivity index (χ3v) is 4.36. The van der Waals surface area contributed by atoms with Crippen LogP contribution in [0.2, 0.25) is 0 Å². The average molecular weight is 287 g/mol. The van der Waals surface area contributed by atoms with Gasteiger partial charge in [-0.1, -0.05) is 25.8 Å². The van der Waals surface area contributed by atoms with Gasteiger partial charge in [-0.05, 0) is 41.3 Å². The highest BCUT2D eigenvalue weighted by Crippen LogP contribution is 2.38. The first-order chi connectivity index (χ1) is 10.2. The first-order valence-corrected chi connectivity index (χ1v) is 7.43. The number of rotatable bonds is 3. The second-order valence-corrected chi connectivity index (χ2v) is 5.70. The lowest BCUT2D eigenvalue weighted by Gasteiger charge is -2.29. The Morgan fingerprint density at radius 2 is 2.10 bits per heavy atom. The molecule has 0 amide bonds. The van der Waals surface area contributed by atoms with E-state index >= 15 is 0 Å². The lowest BCUT2D eigenvalue weighted by molar-refractivity contribution is 0.239. The van der Waals surface area contributed by atoms with Crippen molar-refractivity contribution in [2.75, 3.05) is 12.8 Å². The molecular weight excluding hydrogens is 266 g/mol. The van der Waals surface area contributed by atoms with Crippen LogP contribution in [0.5, 0.6) is 5.75 Å². The third-order valence-electron chi connectivity index (χ3n) is 4.36. The van der Waals surface area contributed by atoms with Gasteiger partial charge in [0, 0.05) is 0 Å². The molecule has 3 rings (SSSR count). The Morgan fingerprint density at radius 3 is 2.86 bits per heavy atom. The van der Waals surface area contributed by atoms with Crippen molar-refractivity contribution in [3.05, 3.63) is 18.2 Å². The number of benzene rings is 1. The zero-order chi connectivity index (χ0) is 14.8. The van der Waals surface area contributed by atoms with Crippen molar-refractivity contribution in [2.24, 2.45) is 5.92 Å². The number of nitrogen functional groups attached to an aromatic ring is 1. The van der Waals surface area contributed by atoms with Gasteiger partial charge in [0.1, 0.15) is 0 Å². The molecule has 0 saturated heterocycles. The number of tetrazole rings is 1. The van der Waals surface area contributed by atoms with E-state index in [0.29, 0.717) is 23.4 Å². The molecule has 1 aromatic heterocycles. The SMILES string of the molecule is COc1c(N)cccc1-c1nnnn1C1CCCCC1C. The fourth-order valence-corrected chi connectivity index (χ4v) is 3.21. The standard InChI is InChI=1S/C15H21N5O/c1-10-6-3-4-9-13(10)20-15(17-18-19-20)11-7-5-8-12(16)14(11)21-2/h5,7-8,10,13H,3-4,6,9,16H2,1-2H3. The number of aromatic nitrogens is 4. The minimum Gasteiger partial charge on any atom is -0.494 e. The second kappa shape index (κ2) is 5.71. The van der Waals surface area contributed by atoms with Crippen LogP contribution in [0.3, 0.4) is 0 Å². The number of nitrogens with zero attached hydrogens (tertiary/aromatic N) is 4. The summed E-state index contributed by atoms with van der Waals surface area (Å²) in [6.45, 7) is 2.27. The van der Waals surface area contributed by atoms with E-state index in [2.05, 4.69) is 22.4 Å². The number of nitrogens with two attached hydrogens (primary N) is 1. The summed E-state index contributed by atoms with van der Waals surface area (Å²) < 4.78 is 7.38. The fourth-order valence-electron chi connectivity index (χ4n) is 3.21. The van der Waals surface area contributed by atoms with Crippen molar-refractivity contribution in [3.8, 4) is 17.1 Å². The van der Waals surface area contributed by atoms with Crippen LogP contribution in [0.1, 0.15) is 38.6 Å². The van der Waals surface area contributed by atoms with Gasteiger partial charge in [0.2, 0.25) is 0 Å². The molecule has 1 saturated carbocycles. The second-order valence-electron chi connectivity index (χ2n) is 5.70. The van der Waals surface area contributed by atoms with E-state index in [0.717, 1.165) is 17.8 Å². The number of para-hydroxylation sites is 1. The number of ether oxygens (including phenoxy) is 1. The van der Waals surface area contributed by atoms with Crippen LogP contribution in [0.25, 0.3) is 11.4 Å². The van der Waals surface area contributed by atoms with Crippen molar-refractivity contribution in [1.82, 2.24) is 20.2 Å². The van der Waals surface area contributed by atoms with E-state index in [-0.39, 0.29) is 0 Å². The highest BCUT2D eigenvalue weighted by atomic mass is 16.5. The van der Waals surface area contributed by atoms with Gasteiger partial charge in [0.05, 0.1) is 24.4 Å². The van der Waals surface area contributed by atoms with Gasteiger partial charge in [-0.25, -0.2) is 4.68 Å². The number of anilines is 1. The lowest BCUT2D eigenvalue weighted by atomic mass is 9.86. The smallest absolute Gasteiger partial charge is 0.186 e. The third kappa shape index (κ3) is 2.46. The molecule has 1 fully saturated rings. The monoisotopic (exact) mass is 287 g/mol. The largest absolute Gasteiger partial charge is 0.494 e. The topological polar surface area (TPSA) is 78.8 Å². The van der Waals surface area contributed by atoms with Gasteiger partial charge in [-0.3, -0.25) is 0 Å². The van der Waals surface area contributed by atoms with Gasteiger partial charge in [-0.2, -0.15) is 0 Å².